The van der Waals surface area contributed by atoms with Gasteiger partial charge in [-0.15, -0.1) is 10.2 Å². The van der Waals surface area contributed by atoms with Crippen LogP contribution in [0.1, 0.15) is 0 Å². The maximum atomic E-state index is 4.57. The quantitative estimate of drug-likeness (QED) is 0.437. The maximum absolute atomic E-state index is 4.57. The molecule has 0 saturated carbocycles. The molecule has 3 aromatic carbocycles. The molecule has 0 fully saturated rings. The molecule has 1 aliphatic rings. The predicted octanol–water partition coefficient (Wildman–Crippen LogP) is 5.21. The molecule has 0 radical (unpaired) electrons. The van der Waals surface area contributed by atoms with Crippen LogP contribution in [0.5, 0.6) is 0 Å². The van der Waals surface area contributed by atoms with Gasteiger partial charge in [0.25, 0.3) is 0 Å². The molecular weight excluding hydrogens is 346 g/mol. The standard InChI is InChI=1S/C23H15N5/c1-2-7-16-14-17(12-11-15(16)6-1)22-26-27-23-18-8-3-4-9-19(18)25-21-20(28(22)23)10-5-13-24-21/h1-14H,(H,24,25). The minimum absolute atomic E-state index is 0.788. The number of fused-ring (bicyclic) bond motifs is 6. The van der Waals surface area contributed by atoms with Crippen LogP contribution in [0, 0.1) is 0 Å². The first kappa shape index (κ1) is 15.1. The lowest BCUT2D eigenvalue weighted by molar-refractivity contribution is 1.07. The molecule has 0 saturated heterocycles. The molecule has 0 atom stereocenters. The molecule has 3 heterocycles. The number of anilines is 2. The molecule has 0 aliphatic carbocycles. The average Bonchev–Trinajstić information content (AvgIpc) is 3.13. The van der Waals surface area contributed by atoms with Gasteiger partial charge in [0.2, 0.25) is 0 Å². The zero-order chi connectivity index (χ0) is 18.5. The lowest BCUT2D eigenvalue weighted by Gasteiger charge is -2.11. The van der Waals surface area contributed by atoms with E-state index in [1.165, 1.54) is 10.8 Å². The van der Waals surface area contributed by atoms with Gasteiger partial charge in [-0.3, -0.25) is 4.57 Å². The summed E-state index contributed by atoms with van der Waals surface area (Å²) in [6, 6.07) is 26.8. The molecule has 0 amide bonds. The Labute approximate surface area is 161 Å². The summed E-state index contributed by atoms with van der Waals surface area (Å²) < 4.78 is 2.09. The van der Waals surface area contributed by atoms with Crippen molar-refractivity contribution >= 4 is 22.3 Å². The number of hydrogen-bond donors (Lipinski definition) is 1. The van der Waals surface area contributed by atoms with Gasteiger partial charge in [-0.25, -0.2) is 4.98 Å². The molecule has 2 aromatic heterocycles. The van der Waals surface area contributed by atoms with Gasteiger partial charge in [-0.1, -0.05) is 48.5 Å². The fourth-order valence-corrected chi connectivity index (χ4v) is 3.79. The molecule has 5 nitrogen and oxygen atoms in total. The van der Waals surface area contributed by atoms with E-state index in [4.69, 9.17) is 0 Å². The van der Waals surface area contributed by atoms with Gasteiger partial charge < -0.3 is 5.32 Å². The van der Waals surface area contributed by atoms with Crippen molar-refractivity contribution in [3.05, 3.63) is 85.1 Å². The summed E-state index contributed by atoms with van der Waals surface area (Å²) in [5, 5.41) is 15.0. The van der Waals surface area contributed by atoms with Crippen molar-refractivity contribution in [1.82, 2.24) is 19.7 Å². The SMILES string of the molecule is c1ccc2c(c1)Nc1ncccc1-n1c(-c3ccc4ccccc4c3)nnc1-2. The van der Waals surface area contributed by atoms with Gasteiger partial charge in [-0.05, 0) is 41.1 Å². The third-order valence-electron chi connectivity index (χ3n) is 5.12. The average molecular weight is 361 g/mol. The fraction of sp³-hybridized carbons (Fsp3) is 0. The van der Waals surface area contributed by atoms with E-state index in [0.717, 1.165) is 40.0 Å². The number of hydrogen-bond acceptors (Lipinski definition) is 4. The van der Waals surface area contributed by atoms with Crippen LogP contribution in [-0.2, 0) is 0 Å². The zero-order valence-electron chi connectivity index (χ0n) is 14.9. The minimum Gasteiger partial charge on any atom is -0.338 e. The molecule has 1 aliphatic heterocycles. The smallest absolute Gasteiger partial charge is 0.171 e. The van der Waals surface area contributed by atoms with Gasteiger partial charge in [0.05, 0.1) is 11.4 Å². The second kappa shape index (κ2) is 5.76. The molecule has 0 unspecified atom stereocenters. The van der Waals surface area contributed by atoms with Crippen molar-refractivity contribution < 1.29 is 0 Å². The summed E-state index contributed by atoms with van der Waals surface area (Å²) in [5.74, 6) is 2.39. The molecule has 28 heavy (non-hydrogen) atoms. The van der Waals surface area contributed by atoms with Crippen molar-refractivity contribution in [2.45, 2.75) is 0 Å². The second-order valence-electron chi connectivity index (χ2n) is 6.79. The van der Waals surface area contributed by atoms with Crippen LogP contribution in [0.4, 0.5) is 11.5 Å². The maximum Gasteiger partial charge on any atom is 0.171 e. The number of benzene rings is 3. The van der Waals surface area contributed by atoms with Crippen molar-refractivity contribution in [2.75, 3.05) is 5.32 Å². The number of para-hydroxylation sites is 1. The Hall–Kier alpha value is -3.99. The number of aromatic nitrogens is 4. The molecular formula is C23H15N5. The second-order valence-corrected chi connectivity index (χ2v) is 6.79. The number of nitrogens with zero attached hydrogens (tertiary/aromatic N) is 4. The summed E-state index contributed by atoms with van der Waals surface area (Å²) in [6.07, 6.45) is 1.79. The highest BCUT2D eigenvalue weighted by Crippen LogP contribution is 2.39. The molecule has 1 N–H and O–H groups in total. The topological polar surface area (TPSA) is 55.6 Å². The van der Waals surface area contributed by atoms with Crippen LogP contribution in [0.15, 0.2) is 85.1 Å². The zero-order valence-corrected chi connectivity index (χ0v) is 14.9. The van der Waals surface area contributed by atoms with Crippen LogP contribution >= 0.6 is 0 Å². The number of nitrogens with one attached hydrogen (secondary N) is 1. The van der Waals surface area contributed by atoms with Crippen molar-refractivity contribution in [2.24, 2.45) is 0 Å². The molecule has 0 bridgehead atoms. The van der Waals surface area contributed by atoms with Crippen LogP contribution in [0.25, 0.3) is 39.2 Å². The van der Waals surface area contributed by atoms with Crippen molar-refractivity contribution in [1.29, 1.82) is 0 Å². The molecule has 132 valence electrons. The Bertz CT molecular complexity index is 1350. The fourth-order valence-electron chi connectivity index (χ4n) is 3.79. The van der Waals surface area contributed by atoms with E-state index in [9.17, 15) is 0 Å². The Morgan fingerprint density at radius 3 is 2.50 bits per heavy atom. The van der Waals surface area contributed by atoms with E-state index in [0.29, 0.717) is 0 Å². The predicted molar refractivity (Wildman–Crippen MR) is 111 cm³/mol. The first-order valence-electron chi connectivity index (χ1n) is 9.15. The highest BCUT2D eigenvalue weighted by Gasteiger charge is 2.24. The van der Waals surface area contributed by atoms with Gasteiger partial charge in [-0.2, -0.15) is 0 Å². The Morgan fingerprint density at radius 1 is 0.714 bits per heavy atom. The summed E-state index contributed by atoms with van der Waals surface area (Å²) in [5.41, 5.74) is 3.92. The minimum atomic E-state index is 0.788. The largest absolute Gasteiger partial charge is 0.338 e. The highest BCUT2D eigenvalue weighted by molar-refractivity contribution is 5.88. The highest BCUT2D eigenvalue weighted by atomic mass is 15.3. The van der Waals surface area contributed by atoms with Gasteiger partial charge in [0.15, 0.2) is 17.5 Å². The molecule has 0 spiro atoms. The van der Waals surface area contributed by atoms with Crippen molar-refractivity contribution in [3.8, 4) is 28.5 Å². The number of pyridine rings is 1. The lowest BCUT2D eigenvalue weighted by Crippen LogP contribution is -2.01. The molecule has 6 rings (SSSR count). The van der Waals surface area contributed by atoms with E-state index in [1.54, 1.807) is 6.20 Å². The molecule has 5 heteroatoms. The summed E-state index contributed by atoms with van der Waals surface area (Å²) in [7, 11) is 0. The lowest BCUT2D eigenvalue weighted by atomic mass is 10.1. The van der Waals surface area contributed by atoms with Gasteiger partial charge in [0, 0.05) is 17.3 Å². The van der Waals surface area contributed by atoms with Crippen LogP contribution in [-0.4, -0.2) is 19.7 Å². The van der Waals surface area contributed by atoms with Gasteiger partial charge >= 0.3 is 0 Å². The normalized spacial score (nSPS) is 11.9. The van der Waals surface area contributed by atoms with Crippen molar-refractivity contribution in [3.63, 3.8) is 0 Å². The third kappa shape index (κ3) is 2.16. The Balaban J connectivity index is 1.67. The van der Waals surface area contributed by atoms with E-state index in [-0.39, 0.29) is 0 Å². The summed E-state index contributed by atoms with van der Waals surface area (Å²) >= 11 is 0. The molecule has 5 aromatic rings. The van der Waals surface area contributed by atoms with Gasteiger partial charge in [0.1, 0.15) is 0 Å². The monoisotopic (exact) mass is 361 g/mol. The van der Waals surface area contributed by atoms with E-state index in [1.807, 2.05) is 30.3 Å². The first-order valence-corrected chi connectivity index (χ1v) is 9.15. The van der Waals surface area contributed by atoms with Crippen LogP contribution in [0.3, 0.4) is 0 Å². The first-order chi connectivity index (χ1) is 13.9. The van der Waals surface area contributed by atoms with E-state index in [2.05, 4.69) is 73.6 Å². The summed E-state index contributed by atoms with van der Waals surface area (Å²) in [6.45, 7) is 0. The Kier molecular flexibility index (Phi) is 3.10. The third-order valence-corrected chi connectivity index (χ3v) is 5.12. The number of rotatable bonds is 1. The summed E-state index contributed by atoms with van der Waals surface area (Å²) in [4.78, 5) is 4.55. The van der Waals surface area contributed by atoms with Crippen LogP contribution < -0.4 is 5.32 Å². The Morgan fingerprint density at radius 2 is 1.54 bits per heavy atom. The van der Waals surface area contributed by atoms with Crippen LogP contribution in [0.2, 0.25) is 0 Å². The van der Waals surface area contributed by atoms with E-state index < -0.39 is 0 Å². The van der Waals surface area contributed by atoms with E-state index >= 15 is 0 Å².